The van der Waals surface area contributed by atoms with Gasteiger partial charge in [0.05, 0.1) is 47.1 Å². The van der Waals surface area contributed by atoms with Gasteiger partial charge in [-0.2, -0.15) is 0 Å². The quantitative estimate of drug-likeness (QED) is 0.0473. The first-order valence-corrected chi connectivity index (χ1v) is 34.3. The second-order valence-corrected chi connectivity index (χ2v) is 28.0. The number of carbonyl (C=O) groups excluding carboxylic acids is 6. The lowest BCUT2D eigenvalue weighted by Crippen LogP contribution is -2.40. The Kier molecular flexibility index (Phi) is 21.4. The second kappa shape index (κ2) is 29.5. The minimum atomic E-state index is -1.30. The summed E-state index contributed by atoms with van der Waals surface area (Å²) in [6.45, 7) is 5.19. The van der Waals surface area contributed by atoms with Crippen LogP contribution >= 0.6 is 68.0 Å². The number of ketones is 1. The SMILES string of the molecule is CNC(=O)C[C@@H]1NC(=O)c2csc(n2)-c2ccc(-c3nc(N(CCCC(=O)O)C(=O)CC4CCC(C(=O)O)CC4)cs3)nc2-c2csc(n2)-c2csc(n2)[C@H]([C@@H](O)c2ccccc2)NC(=O)CNC(=O)c2nc(sc2COC)[C@H](C(C)C)CC(=O)c2nc1sc2C. The number of aliphatic carboxylic acids is 2. The van der Waals surface area contributed by atoms with Gasteiger partial charge in [0.2, 0.25) is 17.7 Å². The summed E-state index contributed by atoms with van der Waals surface area (Å²) in [5.74, 6) is -5.62. The summed E-state index contributed by atoms with van der Waals surface area (Å²) in [6.07, 6.45) is 0.604. The average Bonchev–Trinajstić information content (AvgIpc) is 1.75. The van der Waals surface area contributed by atoms with Crippen molar-refractivity contribution in [1.29, 1.82) is 0 Å². The highest BCUT2D eigenvalue weighted by Gasteiger charge is 2.35. The molecule has 1 fully saturated rings. The zero-order chi connectivity index (χ0) is 64.6. The van der Waals surface area contributed by atoms with Crippen LogP contribution in [0.2, 0.25) is 0 Å². The maximum atomic E-state index is 14.4. The van der Waals surface area contributed by atoms with Crippen LogP contribution in [0.25, 0.3) is 43.4 Å². The molecule has 8 aromatic rings. The lowest BCUT2D eigenvalue weighted by molar-refractivity contribution is -0.143. The Bertz CT molecular complexity index is 4000. The molecule has 0 spiro atoms. The fourth-order valence-electron chi connectivity index (χ4n) is 10.7. The molecule has 476 valence electrons. The molecule has 4 atom stereocenters. The summed E-state index contributed by atoms with van der Waals surface area (Å²) >= 11 is 7.18. The Hall–Kier alpha value is -7.97. The van der Waals surface area contributed by atoms with E-state index >= 15 is 0 Å². The smallest absolute Gasteiger partial charge is 0.306 e. The number of nitrogens with one attached hydrogen (secondary N) is 4. The van der Waals surface area contributed by atoms with Gasteiger partial charge < -0.3 is 41.3 Å². The van der Waals surface area contributed by atoms with Gasteiger partial charge in [-0.3, -0.25) is 43.3 Å². The molecule has 0 radical (unpaired) electrons. The van der Waals surface area contributed by atoms with E-state index in [2.05, 4.69) is 21.3 Å². The van der Waals surface area contributed by atoms with Crippen LogP contribution in [0.4, 0.5) is 5.82 Å². The van der Waals surface area contributed by atoms with Crippen LogP contribution in [0, 0.1) is 24.7 Å². The Morgan fingerprint density at radius 3 is 2.15 bits per heavy atom. The third kappa shape index (κ3) is 15.7. The third-order valence-corrected chi connectivity index (χ3v) is 21.4. The topological polar surface area (TPSA) is 348 Å². The molecule has 1 aliphatic carbocycles. The van der Waals surface area contributed by atoms with Gasteiger partial charge in [0.1, 0.15) is 77.2 Å². The molecule has 0 unspecified atom stereocenters. The number of thiazole rings is 6. The molecule has 7 N–H and O–H groups in total. The zero-order valence-electron chi connectivity index (χ0n) is 49.9. The third-order valence-electron chi connectivity index (χ3n) is 15.6. The van der Waals surface area contributed by atoms with E-state index in [9.17, 15) is 53.7 Å². The first-order chi connectivity index (χ1) is 43.7. The molecule has 2 aliphatic rings. The van der Waals surface area contributed by atoms with Crippen molar-refractivity contribution < 1.29 is 58.4 Å². The number of hydrogen-bond acceptors (Lipinski definition) is 23. The van der Waals surface area contributed by atoms with Gasteiger partial charge >= 0.3 is 11.9 Å². The van der Waals surface area contributed by atoms with Crippen molar-refractivity contribution in [3.8, 4) is 43.4 Å². The van der Waals surface area contributed by atoms with Gasteiger partial charge in [-0.1, -0.05) is 44.2 Å². The molecule has 1 aliphatic heterocycles. The number of carbonyl (C=O) groups is 8. The van der Waals surface area contributed by atoms with E-state index in [1.165, 1.54) is 75.7 Å². The number of amides is 5. The molecule has 0 saturated heterocycles. The van der Waals surface area contributed by atoms with Gasteiger partial charge in [-0.05, 0) is 68.6 Å². The highest BCUT2D eigenvalue weighted by atomic mass is 32.1. The van der Waals surface area contributed by atoms with Crippen LogP contribution in [0.15, 0.2) is 64.0 Å². The average molecular weight is 1350 g/mol. The number of Topliss-reactive ketones (excluding diaryl/α,β-unsaturated/α-hetero) is 1. The van der Waals surface area contributed by atoms with E-state index in [-0.39, 0.29) is 85.9 Å². The summed E-state index contributed by atoms with van der Waals surface area (Å²) in [4.78, 5) is 144. The molecule has 8 heterocycles. The van der Waals surface area contributed by atoms with Crippen molar-refractivity contribution >= 4 is 121 Å². The maximum absolute atomic E-state index is 14.4. The van der Waals surface area contributed by atoms with Crippen LogP contribution in [-0.2, 0) is 35.3 Å². The number of nitrogens with zero attached hydrogens (tertiary/aromatic N) is 8. The highest BCUT2D eigenvalue weighted by Crippen LogP contribution is 2.42. The van der Waals surface area contributed by atoms with Crippen molar-refractivity contribution in [2.45, 2.75) is 109 Å². The van der Waals surface area contributed by atoms with Gasteiger partial charge in [0, 0.05) is 77.8 Å². The van der Waals surface area contributed by atoms with Crippen LogP contribution in [0.1, 0.15) is 158 Å². The number of aryl methyl sites for hydroxylation is 1. The Morgan fingerprint density at radius 2 is 1.43 bits per heavy atom. The largest absolute Gasteiger partial charge is 0.481 e. The molecule has 30 heteroatoms. The van der Waals surface area contributed by atoms with Crippen LogP contribution < -0.4 is 26.2 Å². The molecule has 7 aromatic heterocycles. The fourth-order valence-corrected chi connectivity index (χ4v) is 16.3. The Morgan fingerprint density at radius 1 is 0.725 bits per heavy atom. The van der Waals surface area contributed by atoms with Gasteiger partial charge in [-0.25, -0.2) is 34.9 Å². The van der Waals surface area contributed by atoms with E-state index in [4.69, 9.17) is 39.6 Å². The molecule has 10 bridgehead atoms. The monoisotopic (exact) mass is 1350 g/mol. The number of aliphatic hydroxyl groups is 1. The van der Waals surface area contributed by atoms with E-state index in [1.54, 1.807) is 70.9 Å². The standard InChI is InChI=1S/C61H64N12O12S6/c1-29(2)35-21-41(74)48-30(3)90-59(71-48)37(22-44(75)62-4)65-53(81)39-26-86-55(67-39)34-17-18-36(57-69-43(28-89-57)73(19-9-12-47(78)79)46(77)20-31-13-15-33(16-14-31)61(83)84)64-49(34)38-25-87-58(66-38)40-27-88-60(68-40)51(52(80)32-10-7-6-8-11-32)70-45(76)23-63-54(82)50-42(24-85-5)91-56(35)72-50/h6-8,10-11,17-18,25-29,31,33,35,37,51-52,80H,9,12-16,19-24H2,1-5H3,(H,62,75)(H,63,82)(H,65,81)(H,70,76)(H,78,79)(H,83,84)/t31?,33?,35-,37-,51-,52-/m0/s1. The summed E-state index contributed by atoms with van der Waals surface area (Å²) in [6, 6.07) is 10.1. The molecule has 10 rings (SSSR count). The number of fused-ring (bicyclic) bond motifs is 14. The lowest BCUT2D eigenvalue weighted by Gasteiger charge is -2.28. The molecule has 1 aromatic carbocycles. The lowest BCUT2D eigenvalue weighted by atomic mass is 9.80. The Balaban J connectivity index is 1.04. The number of carboxylic acid groups (broad SMARTS) is 2. The number of rotatable bonds is 16. The number of carboxylic acids is 2. The molecule has 5 amide bonds. The summed E-state index contributed by atoms with van der Waals surface area (Å²) in [5.41, 5.74) is 2.63. The van der Waals surface area contributed by atoms with Crippen LogP contribution in [0.5, 0.6) is 0 Å². The van der Waals surface area contributed by atoms with Crippen LogP contribution in [-0.4, -0.2) is 125 Å². The minimum absolute atomic E-state index is 0.00930. The number of aromatic nitrogens is 7. The van der Waals surface area contributed by atoms with Crippen LogP contribution in [0.3, 0.4) is 0 Å². The van der Waals surface area contributed by atoms with Gasteiger partial charge in [0.25, 0.3) is 11.8 Å². The first kappa shape index (κ1) is 66.0. The second-order valence-electron chi connectivity index (χ2n) is 22.2. The predicted octanol–water partition coefficient (Wildman–Crippen LogP) is 9.68. The first-order valence-electron chi connectivity index (χ1n) is 29.2. The summed E-state index contributed by atoms with van der Waals surface area (Å²) < 4.78 is 5.48. The molecule has 24 nitrogen and oxygen atoms in total. The summed E-state index contributed by atoms with van der Waals surface area (Å²) in [5, 5.41) is 51.3. The number of pyridine rings is 1. The van der Waals surface area contributed by atoms with Gasteiger partial charge in [0.15, 0.2) is 5.78 Å². The minimum Gasteiger partial charge on any atom is -0.481 e. The van der Waals surface area contributed by atoms with E-state index < -0.39 is 72.1 Å². The molecular weight excluding hydrogens is 1290 g/mol. The number of hydrogen-bond donors (Lipinski definition) is 7. The number of anilines is 1. The number of ether oxygens (including phenoxy) is 1. The van der Waals surface area contributed by atoms with Crippen molar-refractivity contribution in [1.82, 2.24) is 56.2 Å². The zero-order valence-corrected chi connectivity index (χ0v) is 54.8. The Labute approximate surface area is 546 Å². The van der Waals surface area contributed by atoms with Gasteiger partial charge in [-0.15, -0.1) is 68.0 Å². The number of benzene rings is 1. The molecular formula is C61H64N12O12S6. The molecule has 91 heavy (non-hydrogen) atoms. The normalized spacial score (nSPS) is 18.6. The summed E-state index contributed by atoms with van der Waals surface area (Å²) in [7, 11) is 2.95. The van der Waals surface area contributed by atoms with E-state index in [0.29, 0.717) is 105 Å². The van der Waals surface area contributed by atoms with Crippen molar-refractivity contribution in [2.24, 2.45) is 17.8 Å². The van der Waals surface area contributed by atoms with E-state index in [0.717, 1.165) is 11.3 Å². The van der Waals surface area contributed by atoms with E-state index in [1.807, 2.05) is 13.8 Å². The predicted molar refractivity (Wildman–Crippen MR) is 345 cm³/mol. The highest BCUT2D eigenvalue weighted by molar-refractivity contribution is 7.15. The van der Waals surface area contributed by atoms with Crippen molar-refractivity contribution in [3.05, 3.63) is 111 Å². The number of aliphatic hydroxyl groups excluding tert-OH is 1. The maximum Gasteiger partial charge on any atom is 0.306 e. The molecule has 1 saturated carbocycles. The van der Waals surface area contributed by atoms with Crippen molar-refractivity contribution in [2.75, 3.05) is 32.1 Å². The number of methoxy groups -OCH3 is 1. The van der Waals surface area contributed by atoms with Crippen molar-refractivity contribution in [3.63, 3.8) is 0 Å². The fraction of sp³-hybridized carbons (Fsp3) is 0.393.